The molecule has 1 N–H and O–H groups in total. The number of aryl methyl sites for hydroxylation is 1. The first kappa shape index (κ1) is 14.5. The van der Waals surface area contributed by atoms with Crippen molar-refractivity contribution in [3.8, 4) is 0 Å². The summed E-state index contributed by atoms with van der Waals surface area (Å²) < 4.78 is 0. The Balaban J connectivity index is 0.00000162. The second kappa shape index (κ2) is 6.38. The molecule has 3 nitrogen and oxygen atoms in total. The van der Waals surface area contributed by atoms with Crippen LogP contribution in [0.1, 0.15) is 15.9 Å². The first-order valence-electron chi connectivity index (χ1n) is 5.14. The Morgan fingerprint density at radius 1 is 1.33 bits per heavy atom. The van der Waals surface area contributed by atoms with Crippen LogP contribution in [0.25, 0.3) is 0 Å². The van der Waals surface area contributed by atoms with E-state index in [9.17, 15) is 4.79 Å². The number of amides is 1. The van der Waals surface area contributed by atoms with Crippen LogP contribution in [-0.2, 0) is 0 Å². The Morgan fingerprint density at radius 2 is 2.11 bits per heavy atom. The Kier molecular flexibility index (Phi) is 5.13. The largest absolute Gasteiger partial charge is 0.322 e. The SMILES string of the molecule is Cc1cc(Cl)ccc1NC(=O)c1cccnc1.Cl. The fourth-order valence-corrected chi connectivity index (χ4v) is 1.69. The topological polar surface area (TPSA) is 42.0 Å². The lowest BCUT2D eigenvalue weighted by Gasteiger charge is -2.08. The number of benzene rings is 1. The Morgan fingerprint density at radius 3 is 2.72 bits per heavy atom. The van der Waals surface area contributed by atoms with E-state index in [1.807, 2.05) is 6.92 Å². The lowest BCUT2D eigenvalue weighted by molar-refractivity contribution is 0.102. The van der Waals surface area contributed by atoms with E-state index in [1.165, 1.54) is 6.20 Å². The third-order valence-corrected chi connectivity index (χ3v) is 2.60. The van der Waals surface area contributed by atoms with Crippen molar-refractivity contribution in [2.45, 2.75) is 6.92 Å². The zero-order chi connectivity index (χ0) is 12.3. The predicted molar refractivity (Wildman–Crippen MR) is 75.6 cm³/mol. The van der Waals surface area contributed by atoms with E-state index in [2.05, 4.69) is 10.3 Å². The molecular formula is C13H12Cl2N2O. The summed E-state index contributed by atoms with van der Waals surface area (Å²) in [5.74, 6) is -0.177. The van der Waals surface area contributed by atoms with E-state index in [4.69, 9.17) is 11.6 Å². The van der Waals surface area contributed by atoms with Crippen LogP contribution >= 0.6 is 24.0 Å². The van der Waals surface area contributed by atoms with Crippen LogP contribution < -0.4 is 5.32 Å². The highest BCUT2D eigenvalue weighted by Crippen LogP contribution is 2.20. The molecule has 1 aromatic heterocycles. The number of halogens is 2. The molecule has 0 saturated carbocycles. The van der Waals surface area contributed by atoms with E-state index < -0.39 is 0 Å². The summed E-state index contributed by atoms with van der Waals surface area (Å²) in [4.78, 5) is 15.8. The zero-order valence-electron chi connectivity index (χ0n) is 9.68. The summed E-state index contributed by atoms with van der Waals surface area (Å²) in [7, 11) is 0. The summed E-state index contributed by atoms with van der Waals surface area (Å²) in [6.45, 7) is 1.89. The van der Waals surface area contributed by atoms with Crippen LogP contribution in [0, 0.1) is 6.92 Å². The van der Waals surface area contributed by atoms with Gasteiger partial charge in [0.05, 0.1) is 5.56 Å². The Hall–Kier alpha value is -1.58. The lowest BCUT2D eigenvalue weighted by Crippen LogP contribution is -2.12. The summed E-state index contributed by atoms with van der Waals surface area (Å²) in [6, 6.07) is 8.77. The number of pyridine rings is 1. The molecular weight excluding hydrogens is 271 g/mol. The standard InChI is InChI=1S/C13H11ClN2O.ClH/c1-9-7-11(14)4-5-12(9)16-13(17)10-3-2-6-15-8-10;/h2-8H,1H3,(H,16,17);1H. The number of hydrogen-bond donors (Lipinski definition) is 1. The highest BCUT2D eigenvalue weighted by atomic mass is 35.5. The number of anilines is 1. The molecule has 0 unspecified atom stereocenters. The molecule has 0 radical (unpaired) electrons. The molecule has 1 heterocycles. The van der Waals surface area contributed by atoms with Crippen molar-refractivity contribution in [2.24, 2.45) is 0 Å². The van der Waals surface area contributed by atoms with Gasteiger partial charge in [-0.1, -0.05) is 11.6 Å². The molecule has 2 aromatic rings. The van der Waals surface area contributed by atoms with Crippen molar-refractivity contribution in [3.63, 3.8) is 0 Å². The smallest absolute Gasteiger partial charge is 0.257 e. The second-order valence-electron chi connectivity index (χ2n) is 3.66. The average molecular weight is 283 g/mol. The number of carbonyl (C=O) groups excluding carboxylic acids is 1. The van der Waals surface area contributed by atoms with Crippen molar-refractivity contribution in [1.82, 2.24) is 4.98 Å². The highest BCUT2D eigenvalue weighted by molar-refractivity contribution is 6.30. The molecule has 0 aliphatic carbocycles. The van der Waals surface area contributed by atoms with Gasteiger partial charge >= 0.3 is 0 Å². The molecule has 94 valence electrons. The maximum absolute atomic E-state index is 11.9. The van der Waals surface area contributed by atoms with Crippen LogP contribution in [0.15, 0.2) is 42.7 Å². The molecule has 18 heavy (non-hydrogen) atoms. The fourth-order valence-electron chi connectivity index (χ4n) is 1.46. The maximum Gasteiger partial charge on any atom is 0.257 e. The summed E-state index contributed by atoms with van der Waals surface area (Å²) in [6.07, 6.45) is 3.16. The highest BCUT2D eigenvalue weighted by Gasteiger charge is 2.07. The minimum absolute atomic E-state index is 0. The first-order valence-corrected chi connectivity index (χ1v) is 5.52. The van der Waals surface area contributed by atoms with Crippen molar-refractivity contribution < 1.29 is 4.79 Å². The number of hydrogen-bond acceptors (Lipinski definition) is 2. The molecule has 0 spiro atoms. The van der Waals surface area contributed by atoms with Crippen molar-refractivity contribution in [3.05, 3.63) is 58.9 Å². The summed E-state index contributed by atoms with van der Waals surface area (Å²) in [5.41, 5.74) is 2.21. The maximum atomic E-state index is 11.9. The average Bonchev–Trinajstić information content (AvgIpc) is 2.34. The molecule has 0 saturated heterocycles. The van der Waals surface area contributed by atoms with E-state index in [0.717, 1.165) is 11.3 Å². The zero-order valence-corrected chi connectivity index (χ0v) is 11.3. The van der Waals surface area contributed by atoms with E-state index in [0.29, 0.717) is 10.6 Å². The van der Waals surface area contributed by atoms with Gasteiger partial charge in [0.1, 0.15) is 0 Å². The normalized spacial score (nSPS) is 9.44. The van der Waals surface area contributed by atoms with Crippen LogP contribution in [-0.4, -0.2) is 10.9 Å². The number of aromatic nitrogens is 1. The van der Waals surface area contributed by atoms with Gasteiger partial charge in [-0.05, 0) is 42.8 Å². The van der Waals surface area contributed by atoms with Crippen LogP contribution in [0.3, 0.4) is 0 Å². The molecule has 1 amide bonds. The summed E-state index contributed by atoms with van der Waals surface area (Å²) in [5, 5.41) is 3.47. The molecule has 0 bridgehead atoms. The molecule has 0 fully saturated rings. The Bertz CT molecular complexity index is 544. The summed E-state index contributed by atoms with van der Waals surface area (Å²) >= 11 is 5.85. The quantitative estimate of drug-likeness (QED) is 0.912. The first-order chi connectivity index (χ1) is 8.16. The van der Waals surface area contributed by atoms with Gasteiger partial charge in [0.25, 0.3) is 5.91 Å². The Labute approximate surface area is 117 Å². The number of rotatable bonds is 2. The number of carbonyl (C=O) groups is 1. The molecule has 5 heteroatoms. The molecule has 0 aliphatic heterocycles. The number of nitrogens with one attached hydrogen (secondary N) is 1. The van der Waals surface area contributed by atoms with E-state index in [-0.39, 0.29) is 18.3 Å². The van der Waals surface area contributed by atoms with Crippen molar-refractivity contribution in [1.29, 1.82) is 0 Å². The minimum atomic E-state index is -0.177. The third kappa shape index (κ3) is 3.45. The van der Waals surface area contributed by atoms with Gasteiger partial charge in [0.15, 0.2) is 0 Å². The second-order valence-corrected chi connectivity index (χ2v) is 4.09. The van der Waals surface area contributed by atoms with E-state index >= 15 is 0 Å². The lowest BCUT2D eigenvalue weighted by atomic mass is 10.2. The van der Waals surface area contributed by atoms with Gasteiger partial charge in [0, 0.05) is 23.1 Å². The fraction of sp³-hybridized carbons (Fsp3) is 0.0769. The predicted octanol–water partition coefficient (Wildman–Crippen LogP) is 3.72. The molecule has 1 aromatic carbocycles. The van der Waals surface area contributed by atoms with Gasteiger partial charge in [0.2, 0.25) is 0 Å². The van der Waals surface area contributed by atoms with Crippen molar-refractivity contribution in [2.75, 3.05) is 5.32 Å². The van der Waals surface area contributed by atoms with E-state index in [1.54, 1.807) is 36.5 Å². The monoisotopic (exact) mass is 282 g/mol. The van der Waals surface area contributed by atoms with Crippen LogP contribution in [0.2, 0.25) is 5.02 Å². The van der Waals surface area contributed by atoms with Gasteiger partial charge < -0.3 is 5.32 Å². The molecule has 2 rings (SSSR count). The van der Waals surface area contributed by atoms with Gasteiger partial charge in [-0.3, -0.25) is 9.78 Å². The van der Waals surface area contributed by atoms with Crippen LogP contribution in [0.5, 0.6) is 0 Å². The minimum Gasteiger partial charge on any atom is -0.322 e. The molecule has 0 aliphatic rings. The van der Waals surface area contributed by atoms with Gasteiger partial charge in [-0.25, -0.2) is 0 Å². The third-order valence-electron chi connectivity index (χ3n) is 2.36. The van der Waals surface area contributed by atoms with Crippen LogP contribution in [0.4, 0.5) is 5.69 Å². The van der Waals surface area contributed by atoms with Gasteiger partial charge in [-0.2, -0.15) is 0 Å². The number of nitrogens with zero attached hydrogens (tertiary/aromatic N) is 1. The van der Waals surface area contributed by atoms with Gasteiger partial charge in [-0.15, -0.1) is 12.4 Å². The molecule has 0 atom stereocenters. The van der Waals surface area contributed by atoms with Crippen molar-refractivity contribution >= 4 is 35.6 Å².